The summed E-state index contributed by atoms with van der Waals surface area (Å²) in [5, 5.41) is 0. The van der Waals surface area contributed by atoms with Crippen LogP contribution in [0.1, 0.15) is 35.7 Å². The SMILES string of the molecule is CC1C(Oc2ncc(C(F)(F)F)cn2)CCCN1C(=O)c1cc(F)ccc1-c1ncco1. The quantitative estimate of drug-likeness (QED) is 0.550. The first kappa shape index (κ1) is 21.7. The lowest BCUT2D eigenvalue weighted by Crippen LogP contribution is -2.51. The Labute approximate surface area is 180 Å². The highest BCUT2D eigenvalue weighted by Gasteiger charge is 2.35. The van der Waals surface area contributed by atoms with Crippen LogP contribution in [0, 0.1) is 5.82 Å². The second kappa shape index (κ2) is 8.56. The summed E-state index contributed by atoms with van der Waals surface area (Å²) in [6.45, 7) is 2.14. The van der Waals surface area contributed by atoms with Crippen LogP contribution in [0.4, 0.5) is 17.6 Å². The van der Waals surface area contributed by atoms with Crippen molar-refractivity contribution < 1.29 is 31.5 Å². The predicted octanol–water partition coefficient (Wildman–Crippen LogP) is 4.36. The molecule has 2 unspecified atom stereocenters. The lowest BCUT2D eigenvalue weighted by atomic mass is 9.97. The monoisotopic (exact) mass is 450 g/mol. The molecule has 1 aromatic carbocycles. The number of hydrogen-bond donors (Lipinski definition) is 0. The van der Waals surface area contributed by atoms with Crippen LogP contribution in [0.2, 0.25) is 0 Å². The minimum Gasteiger partial charge on any atom is -0.458 e. The Balaban J connectivity index is 1.54. The van der Waals surface area contributed by atoms with Crippen LogP contribution in [0.3, 0.4) is 0 Å². The van der Waals surface area contributed by atoms with E-state index in [0.717, 1.165) is 6.07 Å². The van der Waals surface area contributed by atoms with Crippen LogP contribution in [-0.2, 0) is 6.18 Å². The van der Waals surface area contributed by atoms with E-state index in [0.29, 0.717) is 37.3 Å². The molecule has 1 saturated heterocycles. The third kappa shape index (κ3) is 4.41. The van der Waals surface area contributed by atoms with Crippen molar-refractivity contribution in [2.24, 2.45) is 0 Å². The molecule has 1 aliphatic heterocycles. The second-order valence-corrected chi connectivity index (χ2v) is 7.32. The minimum atomic E-state index is -4.55. The standard InChI is InChI=1S/C21H18F4N4O3/c1-12-17(32-20-27-10-13(11-28-20)21(23,24)25)3-2-7-29(12)19(30)16-9-14(22)4-5-15(16)18-26-6-8-31-18/h4-6,8-12,17H,2-3,7H2,1H3. The molecular formula is C21H18F4N4O3. The van der Waals surface area contributed by atoms with Crippen LogP contribution >= 0.6 is 0 Å². The van der Waals surface area contributed by atoms with Crippen molar-refractivity contribution in [2.45, 2.75) is 38.1 Å². The maximum atomic E-state index is 14.0. The number of oxazole rings is 1. The van der Waals surface area contributed by atoms with Crippen LogP contribution in [0.5, 0.6) is 6.01 Å². The van der Waals surface area contributed by atoms with E-state index in [1.54, 1.807) is 6.92 Å². The number of carbonyl (C=O) groups excluding carboxylic acids is 1. The largest absolute Gasteiger partial charge is 0.458 e. The zero-order valence-electron chi connectivity index (χ0n) is 16.8. The Morgan fingerprint density at radius 1 is 1.22 bits per heavy atom. The highest BCUT2D eigenvalue weighted by atomic mass is 19.4. The average molecular weight is 450 g/mol. The summed E-state index contributed by atoms with van der Waals surface area (Å²) in [5.74, 6) is -0.838. The number of ether oxygens (including phenoxy) is 1. The summed E-state index contributed by atoms with van der Waals surface area (Å²) in [6.07, 6.45) is 0.0848. The molecule has 168 valence electrons. The first-order chi connectivity index (χ1) is 15.2. The Hall–Kier alpha value is -3.50. The van der Waals surface area contributed by atoms with Crippen molar-refractivity contribution in [1.29, 1.82) is 0 Å². The number of carbonyl (C=O) groups is 1. The van der Waals surface area contributed by atoms with Gasteiger partial charge >= 0.3 is 12.2 Å². The van der Waals surface area contributed by atoms with Gasteiger partial charge in [0.15, 0.2) is 0 Å². The molecule has 3 aromatic rings. The molecule has 0 saturated carbocycles. The summed E-state index contributed by atoms with van der Waals surface area (Å²) < 4.78 is 63.0. The lowest BCUT2D eigenvalue weighted by molar-refractivity contribution is -0.138. The number of aromatic nitrogens is 3. The highest BCUT2D eigenvalue weighted by Crippen LogP contribution is 2.30. The van der Waals surface area contributed by atoms with E-state index in [1.165, 1.54) is 29.5 Å². The van der Waals surface area contributed by atoms with Gasteiger partial charge in [0, 0.05) is 18.9 Å². The summed E-state index contributed by atoms with van der Waals surface area (Å²) in [6, 6.07) is 3.08. The Morgan fingerprint density at radius 3 is 2.62 bits per heavy atom. The Kier molecular flexibility index (Phi) is 5.81. The fourth-order valence-corrected chi connectivity index (χ4v) is 3.60. The molecule has 32 heavy (non-hydrogen) atoms. The van der Waals surface area contributed by atoms with E-state index in [9.17, 15) is 22.4 Å². The molecule has 0 spiro atoms. The molecule has 2 atom stereocenters. The van der Waals surface area contributed by atoms with Crippen molar-refractivity contribution in [2.75, 3.05) is 6.54 Å². The van der Waals surface area contributed by atoms with Gasteiger partial charge in [-0.1, -0.05) is 0 Å². The maximum absolute atomic E-state index is 14.0. The van der Waals surface area contributed by atoms with E-state index >= 15 is 0 Å². The number of halogens is 4. The number of likely N-dealkylation sites (tertiary alicyclic amines) is 1. The lowest BCUT2D eigenvalue weighted by Gasteiger charge is -2.39. The van der Waals surface area contributed by atoms with E-state index in [1.807, 2.05) is 0 Å². The van der Waals surface area contributed by atoms with Crippen molar-refractivity contribution in [1.82, 2.24) is 19.9 Å². The number of amides is 1. The van der Waals surface area contributed by atoms with Crippen LogP contribution in [0.15, 0.2) is 47.5 Å². The van der Waals surface area contributed by atoms with Crippen LogP contribution < -0.4 is 4.74 Å². The van der Waals surface area contributed by atoms with Gasteiger partial charge in [0.05, 0.1) is 28.9 Å². The van der Waals surface area contributed by atoms with E-state index in [-0.39, 0.29) is 17.5 Å². The topological polar surface area (TPSA) is 81.4 Å². The van der Waals surface area contributed by atoms with Gasteiger partial charge in [-0.15, -0.1) is 0 Å². The summed E-state index contributed by atoms with van der Waals surface area (Å²) in [7, 11) is 0. The molecule has 7 nitrogen and oxygen atoms in total. The van der Waals surface area contributed by atoms with Gasteiger partial charge in [0.1, 0.15) is 18.2 Å². The minimum absolute atomic E-state index is 0.0886. The van der Waals surface area contributed by atoms with E-state index in [2.05, 4.69) is 15.0 Å². The second-order valence-electron chi connectivity index (χ2n) is 7.32. The molecule has 4 rings (SSSR count). The molecule has 11 heteroatoms. The van der Waals surface area contributed by atoms with E-state index < -0.39 is 35.6 Å². The van der Waals surface area contributed by atoms with Crippen LogP contribution in [-0.4, -0.2) is 44.4 Å². The molecule has 0 radical (unpaired) electrons. The normalized spacial score (nSPS) is 19.1. The summed E-state index contributed by atoms with van der Waals surface area (Å²) in [5.41, 5.74) is -0.544. The number of nitrogens with zero attached hydrogens (tertiary/aromatic N) is 4. The molecule has 0 bridgehead atoms. The fourth-order valence-electron chi connectivity index (χ4n) is 3.60. The first-order valence-corrected chi connectivity index (χ1v) is 9.80. The summed E-state index contributed by atoms with van der Waals surface area (Å²) in [4.78, 5) is 26.1. The molecule has 0 aliphatic carbocycles. The predicted molar refractivity (Wildman–Crippen MR) is 103 cm³/mol. The molecule has 0 N–H and O–H groups in total. The first-order valence-electron chi connectivity index (χ1n) is 9.80. The Bertz CT molecular complexity index is 1090. The molecule has 3 heterocycles. The molecule has 2 aromatic heterocycles. The Morgan fingerprint density at radius 2 is 1.97 bits per heavy atom. The van der Waals surface area contributed by atoms with Gasteiger partial charge < -0.3 is 14.1 Å². The third-order valence-corrected chi connectivity index (χ3v) is 5.27. The molecule has 1 fully saturated rings. The fraction of sp³-hybridized carbons (Fsp3) is 0.333. The number of hydrogen-bond acceptors (Lipinski definition) is 6. The van der Waals surface area contributed by atoms with Crippen molar-refractivity contribution in [3.8, 4) is 17.5 Å². The van der Waals surface area contributed by atoms with Crippen molar-refractivity contribution in [3.05, 3.63) is 60.0 Å². The van der Waals surface area contributed by atoms with Gasteiger partial charge in [0.2, 0.25) is 5.89 Å². The number of piperidine rings is 1. The zero-order chi connectivity index (χ0) is 22.9. The number of benzene rings is 1. The van der Waals surface area contributed by atoms with E-state index in [4.69, 9.17) is 9.15 Å². The van der Waals surface area contributed by atoms with Crippen molar-refractivity contribution in [3.63, 3.8) is 0 Å². The molecule has 1 aliphatic rings. The third-order valence-electron chi connectivity index (χ3n) is 5.27. The maximum Gasteiger partial charge on any atom is 0.419 e. The molecular weight excluding hydrogens is 432 g/mol. The van der Waals surface area contributed by atoms with Gasteiger partial charge in [-0.25, -0.2) is 19.3 Å². The zero-order valence-corrected chi connectivity index (χ0v) is 16.8. The van der Waals surface area contributed by atoms with Gasteiger partial charge in [0.25, 0.3) is 5.91 Å². The smallest absolute Gasteiger partial charge is 0.419 e. The van der Waals surface area contributed by atoms with Gasteiger partial charge in [-0.3, -0.25) is 4.79 Å². The highest BCUT2D eigenvalue weighted by molar-refractivity contribution is 6.00. The van der Waals surface area contributed by atoms with Gasteiger partial charge in [-0.05, 0) is 38.0 Å². The number of rotatable bonds is 4. The van der Waals surface area contributed by atoms with Crippen LogP contribution in [0.25, 0.3) is 11.5 Å². The summed E-state index contributed by atoms with van der Waals surface area (Å²) >= 11 is 0. The van der Waals surface area contributed by atoms with Crippen molar-refractivity contribution >= 4 is 5.91 Å². The van der Waals surface area contributed by atoms with Gasteiger partial charge in [-0.2, -0.15) is 13.2 Å². The average Bonchev–Trinajstić information content (AvgIpc) is 3.29. The number of alkyl halides is 3. The molecule has 1 amide bonds.